The fraction of sp³-hybridized carbons (Fsp3) is 0.550. The fourth-order valence-electron chi connectivity index (χ4n) is 3.66. The van der Waals surface area contributed by atoms with Crippen molar-refractivity contribution in [3.05, 3.63) is 35.9 Å². The summed E-state index contributed by atoms with van der Waals surface area (Å²) >= 11 is 0. The summed E-state index contributed by atoms with van der Waals surface area (Å²) in [5.41, 5.74) is 0.450. The Balaban J connectivity index is 1.45. The molecule has 0 aromatic heterocycles. The van der Waals surface area contributed by atoms with Crippen molar-refractivity contribution in [2.45, 2.75) is 31.1 Å². The summed E-state index contributed by atoms with van der Waals surface area (Å²) in [6, 6.07) is 9.82. The topological polar surface area (TPSA) is 84.9 Å². The van der Waals surface area contributed by atoms with Gasteiger partial charge in [-0.05, 0) is 18.4 Å². The summed E-state index contributed by atoms with van der Waals surface area (Å²) < 4.78 is 10.9. The summed E-state index contributed by atoms with van der Waals surface area (Å²) in [6.07, 6.45) is 1.89. The molecule has 2 aliphatic rings. The van der Waals surface area contributed by atoms with Crippen LogP contribution in [-0.2, 0) is 29.3 Å². The van der Waals surface area contributed by atoms with Gasteiger partial charge in [0.25, 0.3) is 0 Å². The average molecular weight is 374 g/mol. The monoisotopic (exact) mass is 374 g/mol. The van der Waals surface area contributed by atoms with Gasteiger partial charge in [0.1, 0.15) is 0 Å². The lowest BCUT2D eigenvalue weighted by molar-refractivity contribution is -0.139. The van der Waals surface area contributed by atoms with Gasteiger partial charge in [-0.1, -0.05) is 30.3 Å². The van der Waals surface area contributed by atoms with Crippen molar-refractivity contribution in [1.29, 1.82) is 0 Å². The van der Waals surface area contributed by atoms with Crippen LogP contribution in [0.2, 0.25) is 0 Å². The minimum atomic E-state index is -0.562. The number of benzene rings is 1. The van der Waals surface area contributed by atoms with E-state index < -0.39 is 5.41 Å². The molecular weight excluding hydrogens is 348 g/mol. The maximum absolute atomic E-state index is 12.9. The van der Waals surface area contributed by atoms with Crippen molar-refractivity contribution in [3.63, 3.8) is 0 Å². The molecule has 146 valence electrons. The first-order valence-corrected chi connectivity index (χ1v) is 9.46. The smallest absolute Gasteiger partial charge is 0.230 e. The number of nitrogens with one attached hydrogen (secondary N) is 1. The fourth-order valence-corrected chi connectivity index (χ4v) is 3.66. The van der Waals surface area contributed by atoms with Crippen molar-refractivity contribution in [2.75, 3.05) is 39.5 Å². The molecule has 1 N–H and O–H groups in total. The van der Waals surface area contributed by atoms with E-state index in [2.05, 4.69) is 5.32 Å². The lowest BCUT2D eigenvalue weighted by Gasteiger charge is -2.36. The summed E-state index contributed by atoms with van der Waals surface area (Å²) in [5.74, 6) is -0.284. The largest absolute Gasteiger partial charge is 0.381 e. The van der Waals surface area contributed by atoms with Crippen LogP contribution in [0.1, 0.15) is 31.2 Å². The van der Waals surface area contributed by atoms with E-state index in [1.807, 2.05) is 30.3 Å². The zero-order chi connectivity index (χ0) is 19.1. The number of hydrogen-bond donors (Lipinski definition) is 1. The average Bonchev–Trinajstić information content (AvgIpc) is 3.03. The molecule has 7 heteroatoms. The Bertz CT molecular complexity index is 654. The Morgan fingerprint density at radius 2 is 1.74 bits per heavy atom. The number of carbonyl (C=O) groups is 3. The highest BCUT2D eigenvalue weighted by Gasteiger charge is 2.41. The van der Waals surface area contributed by atoms with Gasteiger partial charge >= 0.3 is 0 Å². The highest BCUT2D eigenvalue weighted by atomic mass is 16.5. The molecule has 2 aliphatic heterocycles. The van der Waals surface area contributed by atoms with Gasteiger partial charge < -0.3 is 14.8 Å². The van der Waals surface area contributed by atoms with Gasteiger partial charge in [0.2, 0.25) is 17.7 Å². The quantitative estimate of drug-likeness (QED) is 0.542. The second kappa shape index (κ2) is 9.10. The molecule has 3 rings (SSSR count). The zero-order valence-corrected chi connectivity index (χ0v) is 15.4. The van der Waals surface area contributed by atoms with E-state index in [1.165, 1.54) is 4.90 Å². The molecule has 0 spiro atoms. The maximum Gasteiger partial charge on any atom is 0.230 e. The third-order valence-electron chi connectivity index (χ3n) is 5.25. The molecule has 0 atom stereocenters. The van der Waals surface area contributed by atoms with Crippen LogP contribution in [0, 0.1) is 0 Å². The lowest BCUT2D eigenvalue weighted by atomic mass is 9.73. The number of imide groups is 1. The number of ether oxygens (including phenoxy) is 2. The van der Waals surface area contributed by atoms with Gasteiger partial charge in [-0.15, -0.1) is 0 Å². The Morgan fingerprint density at radius 3 is 2.41 bits per heavy atom. The summed E-state index contributed by atoms with van der Waals surface area (Å²) in [6.45, 7) is 2.41. The predicted octanol–water partition coefficient (Wildman–Crippen LogP) is 1.02. The van der Waals surface area contributed by atoms with Crippen LogP contribution in [0.4, 0.5) is 0 Å². The highest BCUT2D eigenvalue weighted by molar-refractivity contribution is 6.01. The number of likely N-dealkylation sites (tertiary alicyclic amines) is 1. The molecule has 0 bridgehead atoms. The molecule has 0 aliphatic carbocycles. The minimum Gasteiger partial charge on any atom is -0.381 e. The van der Waals surface area contributed by atoms with E-state index >= 15 is 0 Å². The lowest BCUT2D eigenvalue weighted by Crippen LogP contribution is -2.48. The SMILES string of the molecule is O=C1CCC(=O)N1CCOCCNC(=O)C1(c2ccccc2)CCOCC1. The van der Waals surface area contributed by atoms with Gasteiger partial charge in [-0.3, -0.25) is 19.3 Å². The first-order valence-electron chi connectivity index (χ1n) is 9.46. The molecule has 1 aromatic carbocycles. The molecule has 3 amide bonds. The molecule has 1 aromatic rings. The molecule has 2 fully saturated rings. The van der Waals surface area contributed by atoms with Crippen LogP contribution in [0.3, 0.4) is 0 Å². The minimum absolute atomic E-state index is 0.00880. The van der Waals surface area contributed by atoms with Gasteiger partial charge in [-0.25, -0.2) is 0 Å². The van der Waals surface area contributed by atoms with Gasteiger partial charge in [-0.2, -0.15) is 0 Å². The molecule has 2 heterocycles. The van der Waals surface area contributed by atoms with Crippen LogP contribution in [0.25, 0.3) is 0 Å². The number of amides is 3. The molecule has 0 saturated carbocycles. The molecule has 0 unspecified atom stereocenters. The Labute approximate surface area is 159 Å². The standard InChI is InChI=1S/C20H26N2O5/c23-17-6-7-18(24)22(17)11-15-27-14-10-21-19(25)20(8-12-26-13-9-20)16-4-2-1-3-5-16/h1-5H,6-15H2,(H,21,25). The third kappa shape index (κ3) is 4.54. The van der Waals surface area contributed by atoms with E-state index in [1.54, 1.807) is 0 Å². The summed E-state index contributed by atoms with van der Waals surface area (Å²) in [4.78, 5) is 37.2. The van der Waals surface area contributed by atoms with E-state index in [-0.39, 0.29) is 30.9 Å². The van der Waals surface area contributed by atoms with E-state index in [0.29, 0.717) is 52.0 Å². The van der Waals surface area contributed by atoms with Crippen LogP contribution in [0.15, 0.2) is 30.3 Å². The Hall–Kier alpha value is -2.25. The van der Waals surface area contributed by atoms with Crippen molar-refractivity contribution < 1.29 is 23.9 Å². The number of carbonyl (C=O) groups excluding carboxylic acids is 3. The normalized spacial score (nSPS) is 19.3. The van der Waals surface area contributed by atoms with Crippen LogP contribution in [0.5, 0.6) is 0 Å². The first kappa shape index (κ1) is 19.5. The van der Waals surface area contributed by atoms with Gasteiger partial charge in [0.15, 0.2) is 0 Å². The second-order valence-corrected chi connectivity index (χ2v) is 6.87. The van der Waals surface area contributed by atoms with Crippen LogP contribution >= 0.6 is 0 Å². The Kier molecular flexibility index (Phi) is 6.58. The van der Waals surface area contributed by atoms with Crippen molar-refractivity contribution >= 4 is 17.7 Å². The summed E-state index contributed by atoms with van der Waals surface area (Å²) in [5, 5.41) is 2.97. The zero-order valence-electron chi connectivity index (χ0n) is 15.4. The van der Waals surface area contributed by atoms with E-state index in [9.17, 15) is 14.4 Å². The second-order valence-electron chi connectivity index (χ2n) is 6.87. The molecule has 0 radical (unpaired) electrons. The van der Waals surface area contributed by atoms with Crippen molar-refractivity contribution in [2.24, 2.45) is 0 Å². The van der Waals surface area contributed by atoms with Crippen molar-refractivity contribution in [3.8, 4) is 0 Å². The summed E-state index contributed by atoms with van der Waals surface area (Å²) in [7, 11) is 0. The Morgan fingerprint density at radius 1 is 1.07 bits per heavy atom. The van der Waals surface area contributed by atoms with E-state index in [4.69, 9.17) is 9.47 Å². The third-order valence-corrected chi connectivity index (χ3v) is 5.25. The van der Waals surface area contributed by atoms with Gasteiger partial charge in [0, 0.05) is 32.6 Å². The molecule has 27 heavy (non-hydrogen) atoms. The predicted molar refractivity (Wildman–Crippen MR) is 98.0 cm³/mol. The van der Waals surface area contributed by atoms with E-state index in [0.717, 1.165) is 5.56 Å². The first-order chi connectivity index (χ1) is 13.1. The van der Waals surface area contributed by atoms with Gasteiger partial charge in [0.05, 0.1) is 25.2 Å². The number of nitrogens with zero attached hydrogens (tertiary/aromatic N) is 1. The maximum atomic E-state index is 12.9. The number of rotatable bonds is 8. The molecule has 7 nitrogen and oxygen atoms in total. The highest BCUT2D eigenvalue weighted by Crippen LogP contribution is 2.35. The van der Waals surface area contributed by atoms with Crippen LogP contribution < -0.4 is 5.32 Å². The molecule has 2 saturated heterocycles. The van der Waals surface area contributed by atoms with Crippen LogP contribution in [-0.4, -0.2) is 62.1 Å². The van der Waals surface area contributed by atoms with Crippen molar-refractivity contribution in [1.82, 2.24) is 10.2 Å². The number of hydrogen-bond acceptors (Lipinski definition) is 5. The molecular formula is C20H26N2O5.